The fraction of sp³-hybridized carbons (Fsp3) is 0. The first kappa shape index (κ1) is 24.9. The van der Waals surface area contributed by atoms with Gasteiger partial charge < -0.3 is 0 Å². The van der Waals surface area contributed by atoms with Crippen LogP contribution in [0.2, 0.25) is 0 Å². The molecular formula is C44H26S. The Balaban J connectivity index is 1.16. The fourth-order valence-corrected chi connectivity index (χ4v) is 8.83. The number of rotatable bonds is 2. The van der Waals surface area contributed by atoms with Gasteiger partial charge >= 0.3 is 0 Å². The van der Waals surface area contributed by atoms with Crippen LogP contribution < -0.4 is 0 Å². The van der Waals surface area contributed by atoms with E-state index in [1.54, 1.807) is 0 Å². The van der Waals surface area contributed by atoms with E-state index in [1.807, 2.05) is 11.3 Å². The summed E-state index contributed by atoms with van der Waals surface area (Å²) in [5, 5.41) is 15.7. The largest absolute Gasteiger partial charge is 0.134 e. The standard InChI is InChI=1S/C44H26S/c1-2-9-28-24-29(17-16-27(28)8-1)30-18-19-32-26-33(21-20-31(32)25-30)34-14-7-15-40-41-23-22-39-37-12-4-3-10-35(37)36-11-5-6-13-38(36)42(39)44(41)45-43(34)40/h1-26H. The van der Waals surface area contributed by atoms with Gasteiger partial charge in [0.15, 0.2) is 0 Å². The molecule has 0 nitrogen and oxygen atoms in total. The highest BCUT2D eigenvalue weighted by molar-refractivity contribution is 7.27. The summed E-state index contributed by atoms with van der Waals surface area (Å²) in [5.41, 5.74) is 5.06. The third-order valence-corrected chi connectivity index (χ3v) is 10.9. The summed E-state index contributed by atoms with van der Waals surface area (Å²) < 4.78 is 2.72. The summed E-state index contributed by atoms with van der Waals surface area (Å²) in [7, 11) is 0. The molecule has 1 aromatic heterocycles. The summed E-state index contributed by atoms with van der Waals surface area (Å²) in [6.45, 7) is 0. The highest BCUT2D eigenvalue weighted by atomic mass is 32.1. The van der Waals surface area contributed by atoms with Gasteiger partial charge in [-0.1, -0.05) is 140 Å². The van der Waals surface area contributed by atoms with Crippen LogP contribution in [0.5, 0.6) is 0 Å². The molecule has 1 heterocycles. The SMILES string of the molecule is c1ccc2cc(-c3ccc4cc(-c5cccc6c5sc5c6ccc6c7ccccc7c7ccccc7c65)ccc4c3)ccc2c1. The van der Waals surface area contributed by atoms with E-state index in [4.69, 9.17) is 0 Å². The van der Waals surface area contributed by atoms with Crippen LogP contribution in [0.3, 0.4) is 0 Å². The van der Waals surface area contributed by atoms with Crippen LogP contribution >= 0.6 is 11.3 Å². The molecule has 10 rings (SSSR count). The molecule has 0 spiro atoms. The van der Waals surface area contributed by atoms with Crippen molar-refractivity contribution in [3.05, 3.63) is 158 Å². The summed E-state index contributed by atoms with van der Waals surface area (Å²) in [6, 6.07) is 58.4. The zero-order chi connectivity index (χ0) is 29.5. The van der Waals surface area contributed by atoms with E-state index >= 15 is 0 Å². The number of hydrogen-bond donors (Lipinski definition) is 0. The number of fused-ring (bicyclic) bond motifs is 12. The maximum Gasteiger partial charge on any atom is 0.0440 e. The lowest BCUT2D eigenvalue weighted by atomic mass is 9.93. The van der Waals surface area contributed by atoms with E-state index in [9.17, 15) is 0 Å². The fourth-order valence-electron chi connectivity index (χ4n) is 7.43. The molecule has 0 radical (unpaired) electrons. The van der Waals surface area contributed by atoms with Crippen LogP contribution in [0, 0.1) is 0 Å². The van der Waals surface area contributed by atoms with E-state index in [0.29, 0.717) is 0 Å². The molecule has 45 heavy (non-hydrogen) atoms. The molecule has 0 atom stereocenters. The second-order valence-electron chi connectivity index (χ2n) is 12.1. The quantitative estimate of drug-likeness (QED) is 0.177. The van der Waals surface area contributed by atoms with Gasteiger partial charge in [0.1, 0.15) is 0 Å². The summed E-state index contributed by atoms with van der Waals surface area (Å²) in [4.78, 5) is 0. The average Bonchev–Trinajstić information content (AvgIpc) is 3.50. The summed E-state index contributed by atoms with van der Waals surface area (Å²) in [6.07, 6.45) is 0. The number of thiophene rings is 1. The zero-order valence-corrected chi connectivity index (χ0v) is 25.2. The van der Waals surface area contributed by atoms with Crippen molar-refractivity contribution >= 4 is 85.4 Å². The van der Waals surface area contributed by atoms with Crippen molar-refractivity contribution < 1.29 is 0 Å². The molecule has 9 aromatic carbocycles. The predicted molar refractivity (Wildman–Crippen MR) is 198 cm³/mol. The monoisotopic (exact) mass is 586 g/mol. The van der Waals surface area contributed by atoms with Crippen LogP contribution in [0.15, 0.2) is 158 Å². The molecule has 0 N–H and O–H groups in total. The lowest BCUT2D eigenvalue weighted by Crippen LogP contribution is -1.83. The topological polar surface area (TPSA) is 0 Å². The maximum atomic E-state index is 2.36. The van der Waals surface area contributed by atoms with E-state index in [2.05, 4.69) is 158 Å². The Labute approximate surface area is 264 Å². The second-order valence-corrected chi connectivity index (χ2v) is 13.1. The minimum atomic E-state index is 1.25. The Hall–Kier alpha value is -5.50. The molecule has 0 amide bonds. The Bertz CT molecular complexity index is 2780. The molecular weight excluding hydrogens is 561 g/mol. The third-order valence-electron chi connectivity index (χ3n) is 9.60. The molecule has 208 valence electrons. The summed E-state index contributed by atoms with van der Waals surface area (Å²) in [5.74, 6) is 0. The van der Waals surface area contributed by atoms with Gasteiger partial charge in [-0.05, 0) is 88.9 Å². The molecule has 0 saturated carbocycles. The first-order valence-corrected chi connectivity index (χ1v) is 16.3. The molecule has 0 fully saturated rings. The average molecular weight is 587 g/mol. The van der Waals surface area contributed by atoms with Crippen molar-refractivity contribution in [1.82, 2.24) is 0 Å². The van der Waals surface area contributed by atoms with Gasteiger partial charge in [0.25, 0.3) is 0 Å². The molecule has 0 aliphatic heterocycles. The Morgan fingerprint density at radius 2 is 0.756 bits per heavy atom. The second kappa shape index (κ2) is 9.50. The first-order valence-electron chi connectivity index (χ1n) is 15.5. The van der Waals surface area contributed by atoms with Crippen molar-refractivity contribution in [2.24, 2.45) is 0 Å². The van der Waals surface area contributed by atoms with Crippen LogP contribution in [-0.4, -0.2) is 0 Å². The molecule has 10 aromatic rings. The van der Waals surface area contributed by atoms with Gasteiger partial charge in [0.05, 0.1) is 0 Å². The minimum absolute atomic E-state index is 1.25. The normalized spacial score (nSPS) is 12.0. The Kier molecular flexibility index (Phi) is 5.25. The van der Waals surface area contributed by atoms with Gasteiger partial charge in [-0.25, -0.2) is 0 Å². The van der Waals surface area contributed by atoms with Crippen molar-refractivity contribution in [1.29, 1.82) is 0 Å². The van der Waals surface area contributed by atoms with E-state index in [1.165, 1.54) is 96.3 Å². The molecule has 0 aliphatic rings. The summed E-state index contributed by atoms with van der Waals surface area (Å²) >= 11 is 1.94. The van der Waals surface area contributed by atoms with Crippen LogP contribution in [0.25, 0.3) is 96.3 Å². The van der Waals surface area contributed by atoms with E-state index in [0.717, 1.165) is 0 Å². The highest BCUT2D eigenvalue weighted by Crippen LogP contribution is 2.46. The predicted octanol–water partition coefficient (Wildman–Crippen LogP) is 13.2. The molecule has 0 unspecified atom stereocenters. The molecule has 0 bridgehead atoms. The Morgan fingerprint density at radius 1 is 0.289 bits per heavy atom. The lowest BCUT2D eigenvalue weighted by Gasteiger charge is -2.11. The smallest absolute Gasteiger partial charge is 0.0440 e. The maximum absolute atomic E-state index is 2.36. The van der Waals surface area contributed by atoms with Gasteiger partial charge in [-0.2, -0.15) is 0 Å². The van der Waals surface area contributed by atoms with Crippen molar-refractivity contribution in [2.75, 3.05) is 0 Å². The van der Waals surface area contributed by atoms with Crippen LogP contribution in [0.1, 0.15) is 0 Å². The lowest BCUT2D eigenvalue weighted by molar-refractivity contribution is 1.66. The third kappa shape index (κ3) is 3.72. The van der Waals surface area contributed by atoms with Crippen LogP contribution in [0.4, 0.5) is 0 Å². The zero-order valence-electron chi connectivity index (χ0n) is 24.4. The number of benzene rings is 9. The number of hydrogen-bond acceptors (Lipinski definition) is 1. The van der Waals surface area contributed by atoms with Crippen molar-refractivity contribution in [2.45, 2.75) is 0 Å². The Morgan fingerprint density at radius 3 is 1.49 bits per heavy atom. The molecule has 0 aliphatic carbocycles. The van der Waals surface area contributed by atoms with Gasteiger partial charge in [0, 0.05) is 25.6 Å². The van der Waals surface area contributed by atoms with Crippen molar-refractivity contribution in [3.63, 3.8) is 0 Å². The molecule has 1 heteroatoms. The van der Waals surface area contributed by atoms with Gasteiger partial charge in [-0.3, -0.25) is 0 Å². The van der Waals surface area contributed by atoms with Crippen molar-refractivity contribution in [3.8, 4) is 22.3 Å². The van der Waals surface area contributed by atoms with Crippen LogP contribution in [-0.2, 0) is 0 Å². The van der Waals surface area contributed by atoms with E-state index < -0.39 is 0 Å². The van der Waals surface area contributed by atoms with Gasteiger partial charge in [0.2, 0.25) is 0 Å². The molecule has 0 saturated heterocycles. The van der Waals surface area contributed by atoms with E-state index in [-0.39, 0.29) is 0 Å². The minimum Gasteiger partial charge on any atom is -0.134 e. The highest BCUT2D eigenvalue weighted by Gasteiger charge is 2.16. The van der Waals surface area contributed by atoms with Gasteiger partial charge in [-0.15, -0.1) is 11.3 Å². The first-order chi connectivity index (χ1) is 22.3.